The summed E-state index contributed by atoms with van der Waals surface area (Å²) in [6.07, 6.45) is 4.84. The first kappa shape index (κ1) is 10.5. The van der Waals surface area contributed by atoms with Crippen LogP contribution in [0.25, 0.3) is 0 Å². The van der Waals surface area contributed by atoms with E-state index >= 15 is 0 Å². The zero-order chi connectivity index (χ0) is 9.36. The summed E-state index contributed by atoms with van der Waals surface area (Å²) in [6.45, 7) is 2.89. The van der Waals surface area contributed by atoms with Crippen molar-refractivity contribution in [2.75, 3.05) is 6.61 Å². The lowest BCUT2D eigenvalue weighted by atomic mass is 10.2. The number of thiophene rings is 1. The fourth-order valence-electron chi connectivity index (χ4n) is 0.998. The van der Waals surface area contributed by atoms with Gasteiger partial charge in [0.15, 0.2) is 0 Å². The third-order valence-electron chi connectivity index (χ3n) is 1.72. The summed E-state index contributed by atoms with van der Waals surface area (Å²) in [5.41, 5.74) is 0. The molecule has 13 heavy (non-hydrogen) atoms. The van der Waals surface area contributed by atoms with E-state index in [0.717, 1.165) is 11.5 Å². The molecule has 0 spiro atoms. The molecule has 3 heteroatoms. The van der Waals surface area contributed by atoms with Gasteiger partial charge in [0.25, 0.3) is 0 Å². The minimum atomic E-state index is 0.692. The maximum atomic E-state index is 5.04. The topological polar surface area (TPSA) is 18.5 Å². The highest BCUT2D eigenvalue weighted by atomic mass is 32.1. The van der Waals surface area contributed by atoms with E-state index in [4.69, 9.17) is 9.78 Å². The molecule has 0 saturated heterocycles. The minimum Gasteiger partial charge on any atom is -0.326 e. The fraction of sp³-hybridized carbons (Fsp3) is 0.600. The van der Waals surface area contributed by atoms with Crippen molar-refractivity contribution in [2.45, 2.75) is 32.6 Å². The Kier molecular flexibility index (Phi) is 5.61. The standard InChI is InChI=1S/C10H16O2S/c1-2-3-4-5-8-11-12-10-7-6-9-13-10/h6-7,9H,2-5,8H2,1H3. The van der Waals surface area contributed by atoms with Crippen molar-refractivity contribution in [1.82, 2.24) is 0 Å². The fourth-order valence-corrected chi connectivity index (χ4v) is 1.53. The summed E-state index contributed by atoms with van der Waals surface area (Å²) in [5, 5.41) is 2.80. The van der Waals surface area contributed by atoms with E-state index in [1.165, 1.54) is 19.3 Å². The molecule has 0 aliphatic heterocycles. The molecule has 0 atom stereocenters. The van der Waals surface area contributed by atoms with Gasteiger partial charge >= 0.3 is 0 Å². The van der Waals surface area contributed by atoms with Crippen molar-refractivity contribution in [3.05, 3.63) is 17.5 Å². The van der Waals surface area contributed by atoms with Crippen LogP contribution in [0.3, 0.4) is 0 Å². The van der Waals surface area contributed by atoms with Gasteiger partial charge in [0, 0.05) is 0 Å². The predicted molar refractivity (Wildman–Crippen MR) is 55.0 cm³/mol. The Hall–Kier alpha value is -0.540. The molecule has 0 amide bonds. The number of rotatable bonds is 7. The molecule has 0 aliphatic carbocycles. The zero-order valence-electron chi connectivity index (χ0n) is 7.99. The Labute approximate surface area is 83.4 Å². The van der Waals surface area contributed by atoms with Crippen molar-refractivity contribution in [2.24, 2.45) is 0 Å². The first-order valence-electron chi connectivity index (χ1n) is 4.76. The largest absolute Gasteiger partial charge is 0.326 e. The molecule has 0 N–H and O–H groups in total. The average molecular weight is 200 g/mol. The average Bonchev–Trinajstić information content (AvgIpc) is 2.63. The highest BCUT2D eigenvalue weighted by Crippen LogP contribution is 2.18. The van der Waals surface area contributed by atoms with Crippen LogP contribution >= 0.6 is 11.3 Å². The maximum absolute atomic E-state index is 5.04. The van der Waals surface area contributed by atoms with E-state index in [0.29, 0.717) is 6.61 Å². The van der Waals surface area contributed by atoms with Crippen LogP contribution in [0.1, 0.15) is 32.6 Å². The van der Waals surface area contributed by atoms with Gasteiger partial charge in [-0.2, -0.15) is 4.89 Å². The van der Waals surface area contributed by atoms with Crippen LogP contribution in [0, 0.1) is 0 Å². The third-order valence-corrected chi connectivity index (χ3v) is 2.45. The van der Waals surface area contributed by atoms with Gasteiger partial charge in [0.05, 0.1) is 6.61 Å². The van der Waals surface area contributed by atoms with Crippen LogP contribution in [-0.4, -0.2) is 6.61 Å². The molecule has 1 aromatic heterocycles. The zero-order valence-corrected chi connectivity index (χ0v) is 8.81. The first-order chi connectivity index (χ1) is 6.43. The molecule has 2 nitrogen and oxygen atoms in total. The van der Waals surface area contributed by atoms with E-state index in [2.05, 4.69) is 6.92 Å². The Morgan fingerprint density at radius 2 is 2.23 bits per heavy atom. The molecule has 1 aromatic rings. The monoisotopic (exact) mass is 200 g/mol. The number of hydrogen-bond donors (Lipinski definition) is 0. The van der Waals surface area contributed by atoms with E-state index in [-0.39, 0.29) is 0 Å². The van der Waals surface area contributed by atoms with Crippen LogP contribution in [-0.2, 0) is 4.89 Å². The number of unbranched alkanes of at least 4 members (excludes halogenated alkanes) is 3. The van der Waals surface area contributed by atoms with Gasteiger partial charge in [0.1, 0.15) is 0 Å². The van der Waals surface area contributed by atoms with Crippen molar-refractivity contribution in [3.8, 4) is 5.06 Å². The SMILES string of the molecule is CCCCCCOOc1cccs1. The van der Waals surface area contributed by atoms with Crippen LogP contribution < -0.4 is 4.89 Å². The van der Waals surface area contributed by atoms with Gasteiger partial charge in [-0.15, -0.1) is 11.3 Å². The van der Waals surface area contributed by atoms with Crippen molar-refractivity contribution in [3.63, 3.8) is 0 Å². The Bertz CT molecular complexity index is 197. The van der Waals surface area contributed by atoms with Gasteiger partial charge < -0.3 is 4.89 Å². The summed E-state index contributed by atoms with van der Waals surface area (Å²) in [6, 6.07) is 3.84. The summed E-state index contributed by atoms with van der Waals surface area (Å²) >= 11 is 1.54. The molecule has 0 unspecified atom stereocenters. The van der Waals surface area contributed by atoms with Gasteiger partial charge in [-0.1, -0.05) is 26.2 Å². The van der Waals surface area contributed by atoms with E-state index in [9.17, 15) is 0 Å². The molecule has 0 bridgehead atoms. The number of hydrogen-bond acceptors (Lipinski definition) is 3. The molecular formula is C10H16O2S. The summed E-state index contributed by atoms with van der Waals surface area (Å²) in [5.74, 6) is 0. The lowest BCUT2D eigenvalue weighted by Gasteiger charge is -2.01. The molecule has 0 saturated carbocycles. The van der Waals surface area contributed by atoms with E-state index < -0.39 is 0 Å². The summed E-state index contributed by atoms with van der Waals surface area (Å²) < 4.78 is 0. The lowest BCUT2D eigenvalue weighted by molar-refractivity contribution is -0.204. The summed E-state index contributed by atoms with van der Waals surface area (Å²) in [7, 11) is 0. The van der Waals surface area contributed by atoms with Gasteiger partial charge in [-0.05, 0) is 23.9 Å². The van der Waals surface area contributed by atoms with Crippen LogP contribution in [0.15, 0.2) is 17.5 Å². The van der Waals surface area contributed by atoms with Crippen molar-refractivity contribution in [1.29, 1.82) is 0 Å². The highest BCUT2D eigenvalue weighted by Gasteiger charge is 1.94. The second-order valence-electron chi connectivity index (χ2n) is 2.90. The second kappa shape index (κ2) is 6.92. The lowest BCUT2D eigenvalue weighted by Crippen LogP contribution is -1.97. The minimum absolute atomic E-state index is 0.692. The van der Waals surface area contributed by atoms with E-state index in [1.54, 1.807) is 11.3 Å². The first-order valence-corrected chi connectivity index (χ1v) is 5.64. The van der Waals surface area contributed by atoms with E-state index in [1.807, 2.05) is 17.5 Å². The molecular weight excluding hydrogens is 184 g/mol. The molecule has 0 aromatic carbocycles. The smallest absolute Gasteiger partial charge is 0.218 e. The normalized spacial score (nSPS) is 10.2. The van der Waals surface area contributed by atoms with Crippen LogP contribution in [0.5, 0.6) is 5.06 Å². The Balaban J connectivity index is 1.90. The van der Waals surface area contributed by atoms with Crippen LogP contribution in [0.2, 0.25) is 0 Å². The Morgan fingerprint density at radius 3 is 2.92 bits per heavy atom. The van der Waals surface area contributed by atoms with Crippen molar-refractivity contribution < 1.29 is 9.78 Å². The molecule has 0 aliphatic rings. The van der Waals surface area contributed by atoms with Gasteiger partial charge in [-0.25, -0.2) is 0 Å². The predicted octanol–water partition coefficient (Wildman–Crippen LogP) is 3.64. The second-order valence-corrected chi connectivity index (χ2v) is 3.81. The maximum Gasteiger partial charge on any atom is 0.218 e. The molecule has 1 heterocycles. The molecule has 0 radical (unpaired) electrons. The van der Waals surface area contributed by atoms with Crippen molar-refractivity contribution >= 4 is 11.3 Å². The molecule has 74 valence electrons. The molecule has 1 rings (SSSR count). The van der Waals surface area contributed by atoms with Gasteiger partial charge in [-0.3, -0.25) is 0 Å². The molecule has 0 fully saturated rings. The quantitative estimate of drug-likeness (QED) is 0.380. The van der Waals surface area contributed by atoms with Gasteiger partial charge in [0.2, 0.25) is 5.06 Å². The van der Waals surface area contributed by atoms with Crippen LogP contribution in [0.4, 0.5) is 0 Å². The summed E-state index contributed by atoms with van der Waals surface area (Å²) in [4.78, 5) is 10.1. The highest BCUT2D eigenvalue weighted by molar-refractivity contribution is 7.11. The third kappa shape index (κ3) is 4.90. The Morgan fingerprint density at radius 1 is 1.31 bits per heavy atom.